The molecule has 110 valence electrons. The van der Waals surface area contributed by atoms with Crippen molar-refractivity contribution in [3.63, 3.8) is 0 Å². The van der Waals surface area contributed by atoms with E-state index < -0.39 is 40.8 Å². The second-order valence-corrected chi connectivity index (χ2v) is 4.72. The number of nitro groups is 1. The van der Waals surface area contributed by atoms with Crippen molar-refractivity contribution in [1.29, 1.82) is 0 Å². The number of para-hydroxylation sites is 1. The quantitative estimate of drug-likeness (QED) is 0.414. The first-order valence-corrected chi connectivity index (χ1v) is 5.97. The fourth-order valence-corrected chi connectivity index (χ4v) is 2.28. The summed E-state index contributed by atoms with van der Waals surface area (Å²) in [5.74, 6) is -2.47. The van der Waals surface area contributed by atoms with E-state index in [1.807, 2.05) is 0 Å². The Bertz CT molecular complexity index is 522. The zero-order chi connectivity index (χ0) is 15.1. The summed E-state index contributed by atoms with van der Waals surface area (Å²) in [5, 5.41) is 50.7. The number of rotatable bonds is 2. The third-order valence-electron chi connectivity index (χ3n) is 3.41. The Morgan fingerprint density at radius 1 is 1.25 bits per heavy atom. The molecule has 1 heterocycles. The van der Waals surface area contributed by atoms with Crippen LogP contribution in [0.25, 0.3) is 0 Å². The number of ether oxygens (including phenoxy) is 1. The summed E-state index contributed by atoms with van der Waals surface area (Å²) in [7, 11) is 0. The standard InChI is InChI=1S/C12H15NO7/c1-6-9(14)10(15)11(16)12(17,20-6)7-4-2-3-5-8(7)13(18)19/h2-6,9-11,14-17H,1H3/t6-,9-,10+,11+,12+/m1/s1. The Morgan fingerprint density at radius 2 is 1.85 bits per heavy atom. The van der Waals surface area contributed by atoms with Gasteiger partial charge in [-0.3, -0.25) is 10.1 Å². The van der Waals surface area contributed by atoms with Crippen molar-refractivity contribution in [1.82, 2.24) is 0 Å². The fourth-order valence-electron chi connectivity index (χ4n) is 2.28. The van der Waals surface area contributed by atoms with Crippen molar-refractivity contribution in [2.24, 2.45) is 0 Å². The number of hydrogen-bond donors (Lipinski definition) is 4. The zero-order valence-corrected chi connectivity index (χ0v) is 10.6. The lowest BCUT2D eigenvalue weighted by Crippen LogP contribution is -2.62. The molecule has 0 amide bonds. The normalized spacial score (nSPS) is 37.6. The molecular formula is C12H15NO7. The second kappa shape index (κ2) is 5.08. The molecule has 5 atom stereocenters. The van der Waals surface area contributed by atoms with E-state index in [1.54, 1.807) is 0 Å². The maximum absolute atomic E-state index is 11.0. The van der Waals surface area contributed by atoms with E-state index in [4.69, 9.17) is 4.74 Å². The van der Waals surface area contributed by atoms with Gasteiger partial charge in [-0.1, -0.05) is 12.1 Å². The summed E-state index contributed by atoms with van der Waals surface area (Å²) >= 11 is 0. The van der Waals surface area contributed by atoms with Gasteiger partial charge in [-0.05, 0) is 13.0 Å². The molecule has 0 aromatic heterocycles. The lowest BCUT2D eigenvalue weighted by molar-refractivity contribution is -0.395. The van der Waals surface area contributed by atoms with Crippen LogP contribution >= 0.6 is 0 Å². The molecule has 1 saturated heterocycles. The monoisotopic (exact) mass is 285 g/mol. The highest BCUT2D eigenvalue weighted by molar-refractivity contribution is 5.43. The Labute approximate surface area is 114 Å². The van der Waals surface area contributed by atoms with Crippen LogP contribution in [0.3, 0.4) is 0 Å². The molecule has 8 heteroatoms. The molecule has 1 aromatic carbocycles. The maximum Gasteiger partial charge on any atom is 0.278 e. The third-order valence-corrected chi connectivity index (χ3v) is 3.41. The fraction of sp³-hybridized carbons (Fsp3) is 0.500. The largest absolute Gasteiger partial charge is 0.388 e. The first-order chi connectivity index (χ1) is 9.29. The predicted octanol–water partition coefficient (Wildman–Crippen LogP) is -0.759. The number of aliphatic hydroxyl groups is 4. The Balaban J connectivity index is 2.52. The summed E-state index contributed by atoms with van der Waals surface area (Å²) in [6.07, 6.45) is -6.04. The number of hydrogen-bond acceptors (Lipinski definition) is 7. The van der Waals surface area contributed by atoms with E-state index in [9.17, 15) is 30.5 Å². The molecule has 1 fully saturated rings. The van der Waals surface area contributed by atoms with Crippen molar-refractivity contribution in [2.75, 3.05) is 0 Å². The van der Waals surface area contributed by atoms with Crippen LogP contribution in [-0.4, -0.2) is 49.8 Å². The number of nitrogens with zero attached hydrogens (tertiary/aromatic N) is 1. The van der Waals surface area contributed by atoms with E-state index in [2.05, 4.69) is 0 Å². The highest BCUT2D eigenvalue weighted by Gasteiger charge is 2.54. The van der Waals surface area contributed by atoms with Crippen LogP contribution in [0.5, 0.6) is 0 Å². The van der Waals surface area contributed by atoms with E-state index in [0.29, 0.717) is 0 Å². The van der Waals surface area contributed by atoms with Gasteiger partial charge in [0.05, 0.1) is 16.6 Å². The molecule has 0 unspecified atom stereocenters. The maximum atomic E-state index is 11.0. The van der Waals surface area contributed by atoms with Crippen LogP contribution in [-0.2, 0) is 10.5 Å². The lowest BCUT2D eigenvalue weighted by atomic mass is 9.88. The molecule has 1 aromatic rings. The minimum absolute atomic E-state index is 0.282. The van der Waals surface area contributed by atoms with E-state index in [0.717, 1.165) is 6.07 Å². The minimum atomic E-state index is -2.47. The average Bonchev–Trinajstić information content (AvgIpc) is 2.43. The van der Waals surface area contributed by atoms with Gasteiger partial charge in [0.2, 0.25) is 5.79 Å². The molecular weight excluding hydrogens is 270 g/mol. The van der Waals surface area contributed by atoms with Gasteiger partial charge in [0, 0.05) is 6.07 Å². The van der Waals surface area contributed by atoms with E-state index >= 15 is 0 Å². The summed E-state index contributed by atoms with van der Waals surface area (Å²) in [6, 6.07) is 5.19. The summed E-state index contributed by atoms with van der Waals surface area (Å²) in [6.45, 7) is 1.37. The number of aliphatic hydroxyl groups excluding tert-OH is 3. The molecule has 2 rings (SSSR count). The summed E-state index contributed by atoms with van der Waals surface area (Å²) in [5.41, 5.74) is -0.736. The predicted molar refractivity (Wildman–Crippen MR) is 65.6 cm³/mol. The van der Waals surface area contributed by atoms with Gasteiger partial charge in [-0.15, -0.1) is 0 Å². The molecule has 0 aliphatic carbocycles. The van der Waals surface area contributed by atoms with Gasteiger partial charge in [-0.2, -0.15) is 0 Å². The number of nitro benzene ring substituents is 1. The van der Waals surface area contributed by atoms with Crippen molar-refractivity contribution in [2.45, 2.75) is 37.1 Å². The second-order valence-electron chi connectivity index (χ2n) is 4.72. The Hall–Kier alpha value is -1.58. The summed E-state index contributed by atoms with van der Waals surface area (Å²) < 4.78 is 5.14. The SMILES string of the molecule is C[C@H]1O[C@@](O)(c2ccccc2[N+](=O)[O-])[C@@H](O)[C@@H](O)[C@@H]1O. The van der Waals surface area contributed by atoms with E-state index in [-0.39, 0.29) is 5.56 Å². The first-order valence-electron chi connectivity index (χ1n) is 5.97. The van der Waals surface area contributed by atoms with Gasteiger partial charge in [-0.25, -0.2) is 0 Å². The van der Waals surface area contributed by atoms with Gasteiger partial charge in [0.25, 0.3) is 5.69 Å². The smallest absolute Gasteiger partial charge is 0.278 e. The zero-order valence-electron chi connectivity index (χ0n) is 10.6. The minimum Gasteiger partial charge on any atom is -0.388 e. The summed E-state index contributed by atoms with van der Waals surface area (Å²) in [4.78, 5) is 10.3. The van der Waals surface area contributed by atoms with Crippen LogP contribution < -0.4 is 0 Å². The molecule has 1 aliphatic heterocycles. The Morgan fingerprint density at radius 3 is 2.45 bits per heavy atom. The lowest BCUT2D eigenvalue weighted by Gasteiger charge is -2.44. The molecule has 0 spiro atoms. The van der Waals surface area contributed by atoms with Crippen molar-refractivity contribution >= 4 is 5.69 Å². The van der Waals surface area contributed by atoms with Gasteiger partial charge < -0.3 is 25.2 Å². The average molecular weight is 285 g/mol. The molecule has 0 radical (unpaired) electrons. The van der Waals surface area contributed by atoms with Crippen LogP contribution in [0, 0.1) is 10.1 Å². The van der Waals surface area contributed by atoms with Crippen molar-refractivity contribution in [3.8, 4) is 0 Å². The van der Waals surface area contributed by atoms with Gasteiger partial charge >= 0.3 is 0 Å². The van der Waals surface area contributed by atoms with Gasteiger partial charge in [0.1, 0.15) is 18.3 Å². The molecule has 0 bridgehead atoms. The van der Waals surface area contributed by atoms with Crippen molar-refractivity contribution in [3.05, 3.63) is 39.9 Å². The highest BCUT2D eigenvalue weighted by atomic mass is 16.7. The molecule has 8 nitrogen and oxygen atoms in total. The molecule has 1 aliphatic rings. The molecule has 4 N–H and O–H groups in total. The number of benzene rings is 1. The topological polar surface area (TPSA) is 133 Å². The van der Waals surface area contributed by atoms with Crippen LogP contribution in [0.15, 0.2) is 24.3 Å². The molecule has 20 heavy (non-hydrogen) atoms. The first kappa shape index (κ1) is 14.8. The third kappa shape index (κ3) is 2.17. The van der Waals surface area contributed by atoms with Crippen LogP contribution in [0.4, 0.5) is 5.69 Å². The van der Waals surface area contributed by atoms with Crippen molar-refractivity contribution < 1.29 is 30.1 Å². The van der Waals surface area contributed by atoms with Gasteiger partial charge in [0.15, 0.2) is 0 Å². The van der Waals surface area contributed by atoms with E-state index in [1.165, 1.54) is 25.1 Å². The van der Waals surface area contributed by atoms with Crippen LogP contribution in [0.2, 0.25) is 0 Å². The highest BCUT2D eigenvalue weighted by Crippen LogP contribution is 2.39. The Kier molecular flexibility index (Phi) is 3.76. The molecule has 0 saturated carbocycles. The van der Waals surface area contributed by atoms with Crippen LogP contribution in [0.1, 0.15) is 12.5 Å².